The molecule has 0 saturated heterocycles. The molecule has 1 aliphatic rings. The standard InChI is InChI=1S/C25H19N3O4S/c1-2-19(32-25(30)17-8-5-9-20-21(17)27-13-31-20)23(29)28-24-18(12-26)16-11-10-14-6-3-4-7-15(14)22(16)33-24/h3-9,13,19H,2,10-11H2,1H3,(H,28,29). The average Bonchev–Trinajstić information content (AvgIpc) is 3.46. The van der Waals surface area contributed by atoms with E-state index in [2.05, 4.69) is 22.4 Å². The lowest BCUT2D eigenvalue weighted by Gasteiger charge is -2.16. The molecule has 0 spiro atoms. The van der Waals surface area contributed by atoms with Crippen LogP contribution in [0, 0.1) is 11.3 Å². The topological polar surface area (TPSA) is 105 Å². The van der Waals surface area contributed by atoms with Gasteiger partial charge in [0, 0.05) is 4.88 Å². The summed E-state index contributed by atoms with van der Waals surface area (Å²) in [6.07, 6.45) is 2.12. The molecule has 8 heteroatoms. The van der Waals surface area contributed by atoms with Crippen LogP contribution >= 0.6 is 11.3 Å². The van der Waals surface area contributed by atoms with Crippen LogP contribution < -0.4 is 5.32 Å². The number of aromatic nitrogens is 1. The molecule has 2 aromatic carbocycles. The Labute approximate surface area is 193 Å². The van der Waals surface area contributed by atoms with Crippen LogP contribution in [-0.4, -0.2) is 23.0 Å². The van der Waals surface area contributed by atoms with E-state index in [4.69, 9.17) is 9.15 Å². The Morgan fingerprint density at radius 1 is 1.24 bits per heavy atom. The van der Waals surface area contributed by atoms with Crippen LogP contribution in [0.4, 0.5) is 5.00 Å². The second kappa shape index (κ2) is 8.52. The highest BCUT2D eigenvalue weighted by Gasteiger charge is 2.28. The minimum Gasteiger partial charge on any atom is -0.449 e. The Morgan fingerprint density at radius 2 is 2.09 bits per heavy atom. The van der Waals surface area contributed by atoms with Crippen molar-refractivity contribution in [1.82, 2.24) is 4.98 Å². The van der Waals surface area contributed by atoms with E-state index in [-0.39, 0.29) is 12.0 Å². The third-order valence-corrected chi connectivity index (χ3v) is 6.94. The number of nitrogens with one attached hydrogen (secondary N) is 1. The molecule has 164 valence electrons. The Morgan fingerprint density at radius 3 is 2.91 bits per heavy atom. The zero-order valence-electron chi connectivity index (χ0n) is 17.8. The van der Waals surface area contributed by atoms with Gasteiger partial charge in [-0.3, -0.25) is 4.79 Å². The molecular weight excluding hydrogens is 438 g/mol. The molecule has 1 amide bonds. The summed E-state index contributed by atoms with van der Waals surface area (Å²) in [5.74, 6) is -1.13. The fourth-order valence-electron chi connectivity index (χ4n) is 4.11. The smallest absolute Gasteiger partial charge is 0.341 e. The molecule has 1 aliphatic carbocycles. The lowest BCUT2D eigenvalue weighted by molar-refractivity contribution is -0.124. The average molecular weight is 458 g/mol. The van der Waals surface area contributed by atoms with E-state index in [1.54, 1.807) is 25.1 Å². The van der Waals surface area contributed by atoms with Crippen molar-refractivity contribution in [3.05, 3.63) is 71.1 Å². The number of ether oxygens (including phenoxy) is 1. The highest BCUT2D eigenvalue weighted by atomic mass is 32.1. The molecular formula is C25H19N3O4S. The summed E-state index contributed by atoms with van der Waals surface area (Å²) in [4.78, 5) is 30.9. The number of oxazole rings is 1. The molecule has 7 nitrogen and oxygen atoms in total. The van der Waals surface area contributed by atoms with E-state index in [0.717, 1.165) is 28.8 Å². The zero-order chi connectivity index (χ0) is 22.9. The normalized spacial score (nSPS) is 13.0. The summed E-state index contributed by atoms with van der Waals surface area (Å²) in [5.41, 5.74) is 4.84. The number of carbonyl (C=O) groups excluding carboxylic acids is 2. The van der Waals surface area contributed by atoms with Crippen molar-refractivity contribution < 1.29 is 18.7 Å². The number of benzene rings is 2. The largest absolute Gasteiger partial charge is 0.449 e. The number of thiophene rings is 1. The number of nitrogens with zero attached hydrogens (tertiary/aromatic N) is 2. The van der Waals surface area contributed by atoms with Crippen molar-refractivity contribution in [3.63, 3.8) is 0 Å². The maximum Gasteiger partial charge on any atom is 0.341 e. The summed E-state index contributed by atoms with van der Waals surface area (Å²) in [5, 5.41) is 13.1. The molecule has 1 N–H and O–H groups in total. The molecule has 0 fully saturated rings. The molecule has 5 rings (SSSR count). The van der Waals surface area contributed by atoms with Gasteiger partial charge in [0.05, 0.1) is 11.1 Å². The summed E-state index contributed by atoms with van der Waals surface area (Å²) in [6.45, 7) is 1.76. The van der Waals surface area contributed by atoms with E-state index in [1.165, 1.54) is 23.3 Å². The number of carbonyl (C=O) groups is 2. The van der Waals surface area contributed by atoms with Gasteiger partial charge in [-0.25, -0.2) is 9.78 Å². The summed E-state index contributed by atoms with van der Waals surface area (Å²) in [7, 11) is 0. The number of nitriles is 1. The van der Waals surface area contributed by atoms with Crippen molar-refractivity contribution in [2.24, 2.45) is 0 Å². The van der Waals surface area contributed by atoms with Gasteiger partial charge in [0.1, 0.15) is 16.6 Å². The van der Waals surface area contributed by atoms with Crippen molar-refractivity contribution >= 4 is 39.3 Å². The van der Waals surface area contributed by atoms with Crippen LogP contribution in [0.3, 0.4) is 0 Å². The quantitative estimate of drug-likeness (QED) is 0.418. The Bertz CT molecular complexity index is 1430. The second-order valence-electron chi connectivity index (χ2n) is 7.68. The molecule has 2 heterocycles. The number of fused-ring (bicyclic) bond motifs is 4. The van der Waals surface area contributed by atoms with E-state index in [1.807, 2.05) is 18.2 Å². The van der Waals surface area contributed by atoms with Crippen molar-refractivity contribution in [2.75, 3.05) is 5.32 Å². The Balaban J connectivity index is 1.39. The first kappa shape index (κ1) is 20.9. The molecule has 1 atom stereocenters. The van der Waals surface area contributed by atoms with Crippen LogP contribution in [0.25, 0.3) is 21.5 Å². The molecule has 2 aromatic heterocycles. The van der Waals surface area contributed by atoms with Gasteiger partial charge in [-0.05, 0) is 48.1 Å². The van der Waals surface area contributed by atoms with Gasteiger partial charge in [0.25, 0.3) is 5.91 Å². The van der Waals surface area contributed by atoms with E-state index in [9.17, 15) is 14.9 Å². The number of aryl methyl sites for hydroxylation is 1. The van der Waals surface area contributed by atoms with Gasteiger partial charge in [-0.2, -0.15) is 5.26 Å². The van der Waals surface area contributed by atoms with Crippen LogP contribution in [0.2, 0.25) is 0 Å². The number of esters is 1. The first-order valence-electron chi connectivity index (χ1n) is 10.6. The fraction of sp³-hybridized carbons (Fsp3) is 0.200. The van der Waals surface area contributed by atoms with Gasteiger partial charge >= 0.3 is 5.97 Å². The first-order valence-corrected chi connectivity index (χ1v) is 11.4. The minimum absolute atomic E-state index is 0.230. The SMILES string of the molecule is CCC(OC(=O)c1cccc2ocnc12)C(=O)Nc1sc2c(c1C#N)CCc1ccccc1-2. The fourth-order valence-corrected chi connectivity index (χ4v) is 5.37. The predicted molar refractivity (Wildman–Crippen MR) is 124 cm³/mol. The third kappa shape index (κ3) is 3.66. The minimum atomic E-state index is -1.02. The summed E-state index contributed by atoms with van der Waals surface area (Å²) < 4.78 is 10.7. The number of rotatable bonds is 5. The Hall–Kier alpha value is -3.96. The maximum atomic E-state index is 13.0. The van der Waals surface area contributed by atoms with Gasteiger partial charge in [-0.1, -0.05) is 37.3 Å². The van der Waals surface area contributed by atoms with Gasteiger partial charge in [-0.15, -0.1) is 11.3 Å². The number of para-hydroxylation sites is 1. The Kier molecular flexibility index (Phi) is 5.40. The van der Waals surface area contributed by atoms with Crippen molar-refractivity contribution in [3.8, 4) is 16.5 Å². The third-order valence-electron chi connectivity index (χ3n) is 5.75. The monoisotopic (exact) mass is 457 g/mol. The molecule has 4 aromatic rings. The number of hydrogen-bond donors (Lipinski definition) is 1. The van der Waals surface area contributed by atoms with Gasteiger partial charge in [0.15, 0.2) is 18.1 Å². The van der Waals surface area contributed by atoms with Crippen LogP contribution in [-0.2, 0) is 22.4 Å². The van der Waals surface area contributed by atoms with Crippen LogP contribution in [0.1, 0.15) is 40.4 Å². The summed E-state index contributed by atoms with van der Waals surface area (Å²) >= 11 is 1.39. The zero-order valence-corrected chi connectivity index (χ0v) is 18.6. The summed E-state index contributed by atoms with van der Waals surface area (Å²) in [6, 6.07) is 15.3. The van der Waals surface area contributed by atoms with E-state index in [0.29, 0.717) is 21.7 Å². The molecule has 0 aliphatic heterocycles. The highest BCUT2D eigenvalue weighted by molar-refractivity contribution is 7.20. The van der Waals surface area contributed by atoms with E-state index < -0.39 is 18.0 Å². The second-order valence-corrected chi connectivity index (χ2v) is 8.70. The maximum absolute atomic E-state index is 13.0. The molecule has 0 saturated carbocycles. The lowest BCUT2D eigenvalue weighted by Crippen LogP contribution is -2.32. The molecule has 0 radical (unpaired) electrons. The molecule has 33 heavy (non-hydrogen) atoms. The highest BCUT2D eigenvalue weighted by Crippen LogP contribution is 2.44. The van der Waals surface area contributed by atoms with Crippen molar-refractivity contribution in [1.29, 1.82) is 5.26 Å². The van der Waals surface area contributed by atoms with Gasteiger partial charge < -0.3 is 14.5 Å². The lowest BCUT2D eigenvalue weighted by atomic mass is 9.90. The predicted octanol–water partition coefficient (Wildman–Crippen LogP) is 5.10. The first-order chi connectivity index (χ1) is 16.1. The van der Waals surface area contributed by atoms with E-state index >= 15 is 0 Å². The number of hydrogen-bond acceptors (Lipinski definition) is 7. The van der Waals surface area contributed by atoms with Crippen molar-refractivity contribution in [2.45, 2.75) is 32.3 Å². The van der Waals surface area contributed by atoms with Crippen LogP contribution in [0.5, 0.6) is 0 Å². The molecule has 1 unspecified atom stereocenters. The number of amides is 1. The van der Waals surface area contributed by atoms with Crippen LogP contribution in [0.15, 0.2) is 53.3 Å². The molecule has 0 bridgehead atoms. The number of anilines is 1. The van der Waals surface area contributed by atoms with Gasteiger partial charge in [0.2, 0.25) is 0 Å².